The van der Waals surface area contributed by atoms with Crippen LogP contribution in [0.1, 0.15) is 19.5 Å². The molecule has 3 rings (SSSR count). The fourth-order valence-electron chi connectivity index (χ4n) is 2.22. The van der Waals surface area contributed by atoms with Crippen molar-refractivity contribution in [3.8, 4) is 0 Å². The number of halogens is 1. The van der Waals surface area contributed by atoms with Gasteiger partial charge >= 0.3 is 0 Å². The highest BCUT2D eigenvalue weighted by atomic mass is 35.5. The molecular weight excluding hydrogens is 286 g/mol. The molecule has 3 aromatic rings. The maximum Gasteiger partial charge on any atom is 0.130 e. The fourth-order valence-corrected chi connectivity index (χ4v) is 2.44. The number of anilines is 2. The summed E-state index contributed by atoms with van der Waals surface area (Å²) < 4.78 is 0. The summed E-state index contributed by atoms with van der Waals surface area (Å²) in [7, 11) is 0. The van der Waals surface area contributed by atoms with Crippen molar-refractivity contribution in [2.75, 3.05) is 5.32 Å². The summed E-state index contributed by atoms with van der Waals surface area (Å²) in [5, 5.41) is 15.0. The van der Waals surface area contributed by atoms with Gasteiger partial charge in [0, 0.05) is 22.1 Å². The van der Waals surface area contributed by atoms with Crippen LogP contribution in [0.2, 0.25) is 5.02 Å². The summed E-state index contributed by atoms with van der Waals surface area (Å²) in [6.45, 7) is 3.42. The molecule has 0 bridgehead atoms. The van der Waals surface area contributed by atoms with Crippen LogP contribution in [0.3, 0.4) is 0 Å². The monoisotopic (exact) mass is 301 g/mol. The van der Waals surface area contributed by atoms with Crippen molar-refractivity contribution >= 4 is 34.0 Å². The largest absolute Gasteiger partial charge is 0.384 e. The zero-order valence-electron chi connectivity index (χ0n) is 11.8. The molecule has 1 aromatic carbocycles. The molecule has 0 saturated carbocycles. The Morgan fingerprint density at radius 1 is 1.24 bits per heavy atom. The van der Waals surface area contributed by atoms with Gasteiger partial charge in [0.2, 0.25) is 0 Å². The van der Waals surface area contributed by atoms with Crippen molar-refractivity contribution in [3.63, 3.8) is 0 Å². The van der Waals surface area contributed by atoms with Crippen LogP contribution < -0.4 is 5.32 Å². The Bertz CT molecular complexity index is 790. The molecule has 0 unspecified atom stereocenters. The molecule has 2 heterocycles. The lowest BCUT2D eigenvalue weighted by atomic mass is 10.1. The Kier molecular flexibility index (Phi) is 3.35. The molecule has 0 aliphatic carbocycles. The number of hydrogen-bond donors (Lipinski definition) is 3. The van der Waals surface area contributed by atoms with Crippen molar-refractivity contribution in [1.29, 1.82) is 0 Å². The van der Waals surface area contributed by atoms with Gasteiger partial charge in [0.1, 0.15) is 11.4 Å². The SMILES string of the molecule is CC(C)(O)c1cccc(Nc2cc(Cl)cc3[nH]ccc23)n1. The molecule has 0 radical (unpaired) electrons. The third-order valence-corrected chi connectivity index (χ3v) is 3.49. The lowest BCUT2D eigenvalue weighted by molar-refractivity contribution is 0.0740. The van der Waals surface area contributed by atoms with Gasteiger partial charge in [-0.2, -0.15) is 0 Å². The van der Waals surface area contributed by atoms with Crippen molar-refractivity contribution in [1.82, 2.24) is 9.97 Å². The molecule has 0 fully saturated rings. The Labute approximate surface area is 127 Å². The second-order valence-electron chi connectivity index (χ2n) is 5.48. The number of aliphatic hydroxyl groups is 1. The van der Waals surface area contributed by atoms with E-state index in [1.54, 1.807) is 19.9 Å². The minimum Gasteiger partial charge on any atom is -0.384 e. The molecule has 5 heteroatoms. The van der Waals surface area contributed by atoms with E-state index in [0.29, 0.717) is 16.5 Å². The first kappa shape index (κ1) is 13.9. The number of pyridine rings is 1. The molecule has 4 nitrogen and oxygen atoms in total. The number of fused-ring (bicyclic) bond motifs is 1. The van der Waals surface area contributed by atoms with Crippen molar-refractivity contribution in [2.24, 2.45) is 0 Å². The minimum absolute atomic E-state index is 0.611. The predicted molar refractivity (Wildman–Crippen MR) is 86.1 cm³/mol. The van der Waals surface area contributed by atoms with Gasteiger partial charge in [-0.05, 0) is 44.2 Å². The number of benzene rings is 1. The smallest absolute Gasteiger partial charge is 0.130 e. The van der Waals surface area contributed by atoms with Crippen molar-refractivity contribution < 1.29 is 5.11 Å². The number of nitrogens with one attached hydrogen (secondary N) is 2. The van der Waals surface area contributed by atoms with E-state index in [2.05, 4.69) is 15.3 Å². The maximum absolute atomic E-state index is 10.0. The number of nitrogens with zero attached hydrogens (tertiary/aromatic N) is 1. The molecule has 108 valence electrons. The van der Waals surface area contributed by atoms with Gasteiger partial charge in [-0.25, -0.2) is 4.98 Å². The van der Waals surface area contributed by atoms with Crippen LogP contribution in [0.25, 0.3) is 10.9 Å². The van der Waals surface area contributed by atoms with E-state index in [1.807, 2.05) is 36.5 Å². The molecule has 21 heavy (non-hydrogen) atoms. The summed E-state index contributed by atoms with van der Waals surface area (Å²) in [4.78, 5) is 7.58. The van der Waals surface area contributed by atoms with E-state index in [1.165, 1.54) is 0 Å². The van der Waals surface area contributed by atoms with Crippen LogP contribution in [0.5, 0.6) is 0 Å². The first-order valence-corrected chi connectivity index (χ1v) is 7.05. The van der Waals surface area contributed by atoms with E-state index in [9.17, 15) is 5.11 Å². The van der Waals surface area contributed by atoms with Gasteiger partial charge in [-0.3, -0.25) is 0 Å². The van der Waals surface area contributed by atoms with Gasteiger partial charge < -0.3 is 15.4 Å². The highest BCUT2D eigenvalue weighted by molar-refractivity contribution is 6.31. The topological polar surface area (TPSA) is 60.9 Å². The van der Waals surface area contributed by atoms with Crippen molar-refractivity contribution in [2.45, 2.75) is 19.4 Å². The summed E-state index contributed by atoms with van der Waals surface area (Å²) in [5.74, 6) is 0.666. The predicted octanol–water partition coefficient (Wildman–Crippen LogP) is 4.19. The van der Waals surface area contributed by atoms with E-state index < -0.39 is 5.60 Å². The fraction of sp³-hybridized carbons (Fsp3) is 0.188. The molecule has 3 N–H and O–H groups in total. The number of aromatic amines is 1. The van der Waals surface area contributed by atoms with Crippen LogP contribution >= 0.6 is 11.6 Å². The zero-order chi connectivity index (χ0) is 15.0. The van der Waals surface area contributed by atoms with Crippen LogP contribution in [0.15, 0.2) is 42.6 Å². The second kappa shape index (κ2) is 5.06. The molecule has 0 aliphatic heterocycles. The Balaban J connectivity index is 2.01. The van der Waals surface area contributed by atoms with Gasteiger partial charge in [0.15, 0.2) is 0 Å². The molecule has 2 aromatic heterocycles. The summed E-state index contributed by atoms with van der Waals surface area (Å²) in [6, 6.07) is 11.2. The number of rotatable bonds is 3. The molecular formula is C16H16ClN3O. The first-order chi connectivity index (χ1) is 9.93. The van der Waals surface area contributed by atoms with Crippen LogP contribution in [-0.2, 0) is 5.60 Å². The van der Waals surface area contributed by atoms with E-state index in [4.69, 9.17) is 11.6 Å². The van der Waals surface area contributed by atoms with Crippen LogP contribution in [0, 0.1) is 0 Å². The third kappa shape index (κ3) is 2.86. The summed E-state index contributed by atoms with van der Waals surface area (Å²) >= 11 is 6.13. The van der Waals surface area contributed by atoms with E-state index in [-0.39, 0.29) is 0 Å². The lowest BCUT2D eigenvalue weighted by Gasteiger charge is -2.17. The van der Waals surface area contributed by atoms with Gasteiger partial charge in [0.05, 0.1) is 11.4 Å². The average molecular weight is 302 g/mol. The number of hydrogen-bond acceptors (Lipinski definition) is 3. The number of aromatic nitrogens is 2. The Hall–Kier alpha value is -2.04. The third-order valence-electron chi connectivity index (χ3n) is 3.27. The standard InChI is InChI=1S/C16H16ClN3O/c1-16(2,21)14-4-3-5-15(20-14)19-13-9-10(17)8-12-11(13)6-7-18-12/h3-9,18,21H,1-2H3,(H,19,20). The van der Waals surface area contributed by atoms with Gasteiger partial charge in [-0.15, -0.1) is 0 Å². The van der Waals surface area contributed by atoms with Gasteiger partial charge in [-0.1, -0.05) is 17.7 Å². The minimum atomic E-state index is -0.977. The average Bonchev–Trinajstić information content (AvgIpc) is 2.86. The zero-order valence-corrected chi connectivity index (χ0v) is 12.6. The molecule has 0 aliphatic rings. The van der Waals surface area contributed by atoms with Crippen molar-refractivity contribution in [3.05, 3.63) is 53.3 Å². The van der Waals surface area contributed by atoms with E-state index in [0.717, 1.165) is 16.6 Å². The molecule has 0 spiro atoms. The first-order valence-electron chi connectivity index (χ1n) is 6.67. The number of H-pyrrole nitrogens is 1. The van der Waals surface area contributed by atoms with Crippen LogP contribution in [-0.4, -0.2) is 15.1 Å². The Morgan fingerprint density at radius 2 is 2.05 bits per heavy atom. The lowest BCUT2D eigenvalue weighted by Crippen LogP contribution is -2.17. The summed E-state index contributed by atoms with van der Waals surface area (Å²) in [6.07, 6.45) is 1.87. The highest BCUT2D eigenvalue weighted by Crippen LogP contribution is 2.29. The maximum atomic E-state index is 10.0. The molecule has 0 saturated heterocycles. The normalized spacial score (nSPS) is 11.8. The summed E-state index contributed by atoms with van der Waals surface area (Å²) in [5.41, 5.74) is 1.47. The molecule has 0 amide bonds. The van der Waals surface area contributed by atoms with Gasteiger partial charge in [0.25, 0.3) is 0 Å². The van der Waals surface area contributed by atoms with E-state index >= 15 is 0 Å². The highest BCUT2D eigenvalue weighted by Gasteiger charge is 2.17. The Morgan fingerprint density at radius 3 is 2.81 bits per heavy atom. The molecule has 0 atom stereocenters. The quantitative estimate of drug-likeness (QED) is 0.680. The second-order valence-corrected chi connectivity index (χ2v) is 5.92. The van der Waals surface area contributed by atoms with Crippen LogP contribution in [0.4, 0.5) is 11.5 Å².